The van der Waals surface area contributed by atoms with Gasteiger partial charge in [0.25, 0.3) is 0 Å². The van der Waals surface area contributed by atoms with Gasteiger partial charge in [-0.05, 0) is 31.2 Å². The molecule has 1 aromatic heterocycles. The van der Waals surface area contributed by atoms with Gasteiger partial charge >= 0.3 is 17.7 Å². The van der Waals surface area contributed by atoms with Crippen molar-refractivity contribution in [2.45, 2.75) is 6.92 Å². The zero-order chi connectivity index (χ0) is 15.2. The van der Waals surface area contributed by atoms with Gasteiger partial charge in [-0.1, -0.05) is 0 Å². The van der Waals surface area contributed by atoms with Crippen molar-refractivity contribution in [1.29, 1.82) is 0 Å². The van der Waals surface area contributed by atoms with Crippen molar-refractivity contribution in [3.8, 4) is 11.8 Å². The van der Waals surface area contributed by atoms with E-state index in [1.807, 2.05) is 0 Å². The molecule has 0 unspecified atom stereocenters. The summed E-state index contributed by atoms with van der Waals surface area (Å²) in [5, 5.41) is 10.5. The molecule has 0 aliphatic rings. The van der Waals surface area contributed by atoms with Crippen LogP contribution in [0.4, 0.5) is 5.69 Å². The average molecular weight is 289 g/mol. The molecule has 0 aliphatic heterocycles. The summed E-state index contributed by atoms with van der Waals surface area (Å²) in [6.07, 6.45) is 2.10. The maximum absolute atomic E-state index is 11.5. The van der Waals surface area contributed by atoms with E-state index in [1.165, 1.54) is 0 Å². The Bertz CT molecular complexity index is 640. The Hall–Kier alpha value is -3.03. The van der Waals surface area contributed by atoms with E-state index in [9.17, 15) is 14.9 Å². The van der Waals surface area contributed by atoms with Crippen LogP contribution in [-0.2, 0) is 4.74 Å². The molecule has 0 bridgehead atoms. The van der Waals surface area contributed by atoms with Crippen LogP contribution in [0.3, 0.4) is 0 Å². The molecule has 21 heavy (non-hydrogen) atoms. The summed E-state index contributed by atoms with van der Waals surface area (Å²) in [5.41, 5.74) is 0.175. The van der Waals surface area contributed by atoms with E-state index in [1.54, 1.807) is 31.2 Å². The molecule has 1 aromatic carbocycles. The summed E-state index contributed by atoms with van der Waals surface area (Å²) in [7, 11) is 0. The Morgan fingerprint density at radius 3 is 2.38 bits per heavy atom. The van der Waals surface area contributed by atoms with Crippen molar-refractivity contribution in [3.63, 3.8) is 0 Å². The lowest BCUT2D eigenvalue weighted by Gasteiger charge is -2.04. The number of benzene rings is 1. The van der Waals surface area contributed by atoms with Gasteiger partial charge in [0.05, 0.1) is 17.1 Å². The maximum atomic E-state index is 11.5. The molecule has 0 atom stereocenters. The fourth-order valence-corrected chi connectivity index (χ4v) is 1.44. The summed E-state index contributed by atoms with van der Waals surface area (Å²) >= 11 is 0. The van der Waals surface area contributed by atoms with E-state index in [0.29, 0.717) is 17.9 Å². The van der Waals surface area contributed by atoms with Gasteiger partial charge in [-0.25, -0.2) is 4.79 Å². The predicted octanol–water partition coefficient (Wildman–Crippen LogP) is 2.35. The number of nitro groups is 1. The normalized spacial score (nSPS) is 9.95. The first-order valence-electron chi connectivity index (χ1n) is 6.01. The van der Waals surface area contributed by atoms with E-state index in [0.717, 1.165) is 12.4 Å². The van der Waals surface area contributed by atoms with Gasteiger partial charge in [-0.3, -0.25) is 10.1 Å². The Balaban J connectivity index is 2.06. The maximum Gasteiger partial charge on any atom is 0.338 e. The number of hydrogen-bond acceptors (Lipinski definition) is 7. The number of carbonyl (C=O) groups is 1. The minimum atomic E-state index is -0.599. The fourth-order valence-electron chi connectivity index (χ4n) is 1.44. The van der Waals surface area contributed by atoms with E-state index >= 15 is 0 Å². The lowest BCUT2D eigenvalue weighted by atomic mass is 10.2. The van der Waals surface area contributed by atoms with Crippen LogP contribution in [0.5, 0.6) is 11.8 Å². The van der Waals surface area contributed by atoms with Crippen LogP contribution < -0.4 is 4.74 Å². The van der Waals surface area contributed by atoms with Crippen LogP contribution in [0.1, 0.15) is 17.3 Å². The Morgan fingerprint density at radius 2 is 1.86 bits per heavy atom. The number of aromatic nitrogens is 2. The number of nitrogens with zero attached hydrogens (tertiary/aromatic N) is 3. The van der Waals surface area contributed by atoms with Crippen LogP contribution in [0.15, 0.2) is 36.7 Å². The van der Waals surface area contributed by atoms with Crippen molar-refractivity contribution in [2.24, 2.45) is 0 Å². The Labute approximate surface area is 119 Å². The highest BCUT2D eigenvalue weighted by atomic mass is 16.6. The highest BCUT2D eigenvalue weighted by Crippen LogP contribution is 2.19. The largest absolute Gasteiger partial charge is 0.462 e. The van der Waals surface area contributed by atoms with Gasteiger partial charge < -0.3 is 9.47 Å². The molecule has 0 amide bonds. The summed E-state index contributed by atoms with van der Waals surface area (Å²) in [5.74, 6) is -0.0208. The first kappa shape index (κ1) is 14.4. The molecule has 0 spiro atoms. The molecular weight excluding hydrogens is 278 g/mol. The highest BCUT2D eigenvalue weighted by molar-refractivity contribution is 5.89. The van der Waals surface area contributed by atoms with E-state index in [-0.39, 0.29) is 11.7 Å². The summed E-state index contributed by atoms with van der Waals surface area (Å²) in [4.78, 5) is 28.8. The van der Waals surface area contributed by atoms with Crippen LogP contribution in [0, 0.1) is 10.1 Å². The fraction of sp³-hybridized carbons (Fsp3) is 0.154. The Kier molecular flexibility index (Phi) is 4.39. The van der Waals surface area contributed by atoms with Crippen LogP contribution in [-0.4, -0.2) is 27.5 Å². The molecule has 2 aromatic rings. The zero-order valence-electron chi connectivity index (χ0n) is 11.1. The van der Waals surface area contributed by atoms with Crippen LogP contribution in [0.25, 0.3) is 0 Å². The molecule has 8 heteroatoms. The summed E-state index contributed by atoms with van der Waals surface area (Å²) in [6, 6.07) is 6.16. The molecule has 0 radical (unpaired) electrons. The van der Waals surface area contributed by atoms with Gasteiger partial charge in [0.1, 0.15) is 18.1 Å². The topological polar surface area (TPSA) is 104 Å². The molecule has 8 nitrogen and oxygen atoms in total. The second kappa shape index (κ2) is 6.42. The van der Waals surface area contributed by atoms with Crippen molar-refractivity contribution in [1.82, 2.24) is 9.97 Å². The Morgan fingerprint density at radius 1 is 1.24 bits per heavy atom. The van der Waals surface area contributed by atoms with E-state index < -0.39 is 10.9 Å². The lowest BCUT2D eigenvalue weighted by Crippen LogP contribution is -2.04. The minimum Gasteiger partial charge on any atom is -0.462 e. The molecule has 0 saturated carbocycles. The SMILES string of the molecule is CCOC(=O)c1ccc(Oc2ncc([N+](=O)[O-])cn2)cc1. The van der Waals surface area contributed by atoms with Gasteiger partial charge in [-0.2, -0.15) is 9.97 Å². The number of carbonyl (C=O) groups excluding carboxylic acids is 1. The van der Waals surface area contributed by atoms with E-state index in [4.69, 9.17) is 9.47 Å². The first-order valence-corrected chi connectivity index (χ1v) is 6.01. The number of esters is 1. The smallest absolute Gasteiger partial charge is 0.338 e. The van der Waals surface area contributed by atoms with E-state index in [2.05, 4.69) is 9.97 Å². The molecule has 108 valence electrons. The second-order valence-electron chi connectivity index (χ2n) is 3.83. The van der Waals surface area contributed by atoms with Gasteiger partial charge in [0, 0.05) is 0 Å². The van der Waals surface area contributed by atoms with Gasteiger partial charge in [-0.15, -0.1) is 0 Å². The van der Waals surface area contributed by atoms with Gasteiger partial charge in [0.15, 0.2) is 0 Å². The average Bonchev–Trinajstić information content (AvgIpc) is 2.49. The third-order valence-corrected chi connectivity index (χ3v) is 2.40. The van der Waals surface area contributed by atoms with Crippen LogP contribution in [0.2, 0.25) is 0 Å². The molecule has 2 rings (SSSR count). The highest BCUT2D eigenvalue weighted by Gasteiger charge is 2.09. The van der Waals surface area contributed by atoms with Crippen molar-refractivity contribution in [2.75, 3.05) is 6.61 Å². The molecule has 0 fully saturated rings. The monoisotopic (exact) mass is 289 g/mol. The quantitative estimate of drug-likeness (QED) is 0.472. The third kappa shape index (κ3) is 3.72. The van der Waals surface area contributed by atoms with Crippen LogP contribution >= 0.6 is 0 Å². The molecule has 0 saturated heterocycles. The third-order valence-electron chi connectivity index (χ3n) is 2.40. The van der Waals surface area contributed by atoms with Crippen molar-refractivity contribution < 1.29 is 19.2 Å². The van der Waals surface area contributed by atoms with Crippen molar-refractivity contribution in [3.05, 3.63) is 52.3 Å². The molecular formula is C13H11N3O5. The lowest BCUT2D eigenvalue weighted by molar-refractivity contribution is -0.385. The number of rotatable bonds is 5. The predicted molar refractivity (Wildman–Crippen MR) is 71.2 cm³/mol. The van der Waals surface area contributed by atoms with Gasteiger partial charge in [0.2, 0.25) is 0 Å². The number of ether oxygens (including phenoxy) is 2. The summed E-state index contributed by atoms with van der Waals surface area (Å²) < 4.78 is 10.2. The molecule has 0 N–H and O–H groups in total. The first-order chi connectivity index (χ1) is 10.1. The molecule has 1 heterocycles. The number of hydrogen-bond donors (Lipinski definition) is 0. The summed E-state index contributed by atoms with van der Waals surface area (Å²) in [6.45, 7) is 2.02. The standard InChI is InChI=1S/C13H11N3O5/c1-2-20-12(17)9-3-5-11(6-4-9)21-13-14-7-10(8-15-13)16(18)19/h3-8H,2H2,1H3. The molecule has 0 aliphatic carbocycles. The zero-order valence-corrected chi connectivity index (χ0v) is 11.1. The second-order valence-corrected chi connectivity index (χ2v) is 3.83. The van der Waals surface area contributed by atoms with Crippen molar-refractivity contribution >= 4 is 11.7 Å². The minimum absolute atomic E-state index is 0.0236.